The van der Waals surface area contributed by atoms with E-state index in [1.54, 1.807) is 0 Å². The number of aryl methyl sites for hydroxylation is 2. The number of rotatable bonds is 1. The second-order valence-corrected chi connectivity index (χ2v) is 4.50. The zero-order chi connectivity index (χ0) is 12.6. The lowest BCUT2D eigenvalue weighted by molar-refractivity contribution is 1.01. The van der Waals surface area contributed by atoms with Crippen LogP contribution in [0.1, 0.15) is 22.3 Å². The number of benzene rings is 1. The summed E-state index contributed by atoms with van der Waals surface area (Å²) in [6.45, 7) is 8.18. The maximum absolute atomic E-state index is 5.76. The van der Waals surface area contributed by atoms with Crippen molar-refractivity contribution in [3.05, 3.63) is 40.5 Å². The van der Waals surface area contributed by atoms with Crippen LogP contribution in [0, 0.1) is 27.7 Å². The fourth-order valence-corrected chi connectivity index (χ4v) is 1.87. The van der Waals surface area contributed by atoms with Gasteiger partial charge in [-0.15, -0.1) is 10.2 Å². The number of anilines is 1. The van der Waals surface area contributed by atoms with Gasteiger partial charge in [-0.05, 0) is 50.5 Å². The van der Waals surface area contributed by atoms with Crippen LogP contribution < -0.4 is 5.73 Å². The average molecular weight is 227 g/mol. The van der Waals surface area contributed by atoms with Crippen LogP contribution in [0.25, 0.3) is 11.3 Å². The predicted octanol–water partition coefficient (Wildman–Crippen LogP) is 2.96. The molecule has 0 aliphatic heterocycles. The number of hydrogen-bond acceptors (Lipinski definition) is 3. The minimum Gasteiger partial charge on any atom is -0.382 e. The SMILES string of the molecule is Cc1ccc(C)c(-c2nnc(N)c(C)c2C)c1. The Kier molecular flexibility index (Phi) is 2.84. The highest BCUT2D eigenvalue weighted by molar-refractivity contribution is 5.69. The Hall–Kier alpha value is -1.90. The van der Waals surface area contributed by atoms with E-state index < -0.39 is 0 Å². The number of nitrogens with two attached hydrogens (primary N) is 1. The van der Waals surface area contributed by atoms with E-state index in [1.807, 2.05) is 13.8 Å². The summed E-state index contributed by atoms with van der Waals surface area (Å²) in [5.41, 5.74) is 12.4. The van der Waals surface area contributed by atoms with E-state index in [0.717, 1.165) is 22.4 Å². The number of nitrogen functional groups attached to an aromatic ring is 1. The lowest BCUT2D eigenvalue weighted by Gasteiger charge is -2.11. The Balaban J connectivity index is 2.69. The number of nitrogens with zero attached hydrogens (tertiary/aromatic N) is 2. The highest BCUT2D eigenvalue weighted by atomic mass is 15.1. The van der Waals surface area contributed by atoms with E-state index >= 15 is 0 Å². The normalized spacial score (nSPS) is 10.6. The molecule has 0 saturated heterocycles. The zero-order valence-corrected chi connectivity index (χ0v) is 10.7. The molecule has 1 aromatic carbocycles. The minimum absolute atomic E-state index is 0.511. The summed E-state index contributed by atoms with van der Waals surface area (Å²) < 4.78 is 0. The molecule has 0 fully saturated rings. The molecule has 0 amide bonds. The van der Waals surface area contributed by atoms with Crippen molar-refractivity contribution in [3.8, 4) is 11.3 Å². The topological polar surface area (TPSA) is 51.8 Å². The maximum Gasteiger partial charge on any atom is 0.149 e. The van der Waals surface area contributed by atoms with Gasteiger partial charge in [0, 0.05) is 5.56 Å². The van der Waals surface area contributed by atoms with Crippen molar-refractivity contribution in [3.63, 3.8) is 0 Å². The Bertz CT molecular complexity index is 574. The van der Waals surface area contributed by atoms with Gasteiger partial charge in [-0.2, -0.15) is 0 Å². The molecule has 0 aliphatic carbocycles. The molecule has 2 rings (SSSR count). The molecule has 0 bridgehead atoms. The molecule has 3 heteroatoms. The molecular formula is C14H17N3. The van der Waals surface area contributed by atoms with Gasteiger partial charge < -0.3 is 5.73 Å². The summed E-state index contributed by atoms with van der Waals surface area (Å²) in [7, 11) is 0. The van der Waals surface area contributed by atoms with Gasteiger partial charge in [0.05, 0.1) is 5.69 Å². The van der Waals surface area contributed by atoms with E-state index in [1.165, 1.54) is 11.1 Å². The largest absolute Gasteiger partial charge is 0.382 e. The summed E-state index contributed by atoms with van der Waals surface area (Å²) in [4.78, 5) is 0. The highest BCUT2D eigenvalue weighted by Crippen LogP contribution is 2.27. The van der Waals surface area contributed by atoms with Gasteiger partial charge >= 0.3 is 0 Å². The third-order valence-corrected chi connectivity index (χ3v) is 3.21. The monoisotopic (exact) mass is 227 g/mol. The standard InChI is InChI=1S/C14H17N3/c1-8-5-6-9(2)12(7-8)13-10(3)11(4)14(15)17-16-13/h5-7H,1-4H3,(H2,15,17). The number of hydrogen-bond donors (Lipinski definition) is 1. The third-order valence-electron chi connectivity index (χ3n) is 3.21. The second-order valence-electron chi connectivity index (χ2n) is 4.50. The van der Waals surface area contributed by atoms with E-state index in [2.05, 4.69) is 42.2 Å². The molecule has 0 atom stereocenters. The molecule has 2 aromatic rings. The van der Waals surface area contributed by atoms with E-state index in [0.29, 0.717) is 5.82 Å². The zero-order valence-electron chi connectivity index (χ0n) is 10.7. The Morgan fingerprint density at radius 3 is 2.35 bits per heavy atom. The fourth-order valence-electron chi connectivity index (χ4n) is 1.87. The average Bonchev–Trinajstić information content (AvgIpc) is 2.30. The molecule has 88 valence electrons. The Labute approximate surface area is 102 Å². The second kappa shape index (κ2) is 4.17. The van der Waals surface area contributed by atoms with Gasteiger partial charge in [0.1, 0.15) is 5.82 Å². The molecule has 2 N–H and O–H groups in total. The first-order chi connectivity index (χ1) is 8.00. The van der Waals surface area contributed by atoms with Crippen LogP contribution in [-0.4, -0.2) is 10.2 Å². The van der Waals surface area contributed by atoms with E-state index in [4.69, 9.17) is 5.73 Å². The molecule has 0 radical (unpaired) electrons. The molecule has 1 aromatic heterocycles. The van der Waals surface area contributed by atoms with E-state index in [9.17, 15) is 0 Å². The van der Waals surface area contributed by atoms with Gasteiger partial charge in [0.2, 0.25) is 0 Å². The summed E-state index contributed by atoms with van der Waals surface area (Å²) in [6.07, 6.45) is 0. The Morgan fingerprint density at radius 1 is 0.941 bits per heavy atom. The van der Waals surface area contributed by atoms with Gasteiger partial charge in [-0.3, -0.25) is 0 Å². The summed E-state index contributed by atoms with van der Waals surface area (Å²) in [5, 5.41) is 8.25. The first kappa shape index (κ1) is 11.6. The summed E-state index contributed by atoms with van der Waals surface area (Å²) >= 11 is 0. The van der Waals surface area contributed by atoms with Crippen molar-refractivity contribution in [1.82, 2.24) is 10.2 Å². The molecule has 0 spiro atoms. The first-order valence-electron chi connectivity index (χ1n) is 5.67. The molecular weight excluding hydrogens is 210 g/mol. The minimum atomic E-state index is 0.511. The van der Waals surface area contributed by atoms with Gasteiger partial charge in [-0.1, -0.05) is 17.7 Å². The van der Waals surface area contributed by atoms with Gasteiger partial charge in [-0.25, -0.2) is 0 Å². The van der Waals surface area contributed by atoms with Crippen LogP contribution in [0.3, 0.4) is 0 Å². The first-order valence-corrected chi connectivity index (χ1v) is 5.67. The molecule has 0 saturated carbocycles. The Morgan fingerprint density at radius 2 is 1.65 bits per heavy atom. The predicted molar refractivity (Wildman–Crippen MR) is 70.8 cm³/mol. The van der Waals surface area contributed by atoms with Crippen LogP contribution >= 0.6 is 0 Å². The van der Waals surface area contributed by atoms with Crippen molar-refractivity contribution in [2.24, 2.45) is 0 Å². The van der Waals surface area contributed by atoms with Crippen LogP contribution in [0.2, 0.25) is 0 Å². The fraction of sp³-hybridized carbons (Fsp3) is 0.286. The van der Waals surface area contributed by atoms with Crippen molar-refractivity contribution >= 4 is 5.82 Å². The van der Waals surface area contributed by atoms with Crippen molar-refractivity contribution < 1.29 is 0 Å². The smallest absolute Gasteiger partial charge is 0.149 e. The quantitative estimate of drug-likeness (QED) is 0.814. The van der Waals surface area contributed by atoms with Crippen molar-refractivity contribution in [1.29, 1.82) is 0 Å². The number of aromatic nitrogens is 2. The lowest BCUT2D eigenvalue weighted by atomic mass is 9.98. The van der Waals surface area contributed by atoms with Crippen LogP contribution in [0.4, 0.5) is 5.82 Å². The van der Waals surface area contributed by atoms with Crippen LogP contribution in [0.5, 0.6) is 0 Å². The third kappa shape index (κ3) is 2.00. The van der Waals surface area contributed by atoms with Crippen LogP contribution in [0.15, 0.2) is 18.2 Å². The maximum atomic E-state index is 5.76. The summed E-state index contributed by atoms with van der Waals surface area (Å²) in [5.74, 6) is 0.511. The molecule has 17 heavy (non-hydrogen) atoms. The van der Waals surface area contributed by atoms with Crippen molar-refractivity contribution in [2.75, 3.05) is 5.73 Å². The molecule has 3 nitrogen and oxygen atoms in total. The van der Waals surface area contributed by atoms with Crippen molar-refractivity contribution in [2.45, 2.75) is 27.7 Å². The highest BCUT2D eigenvalue weighted by Gasteiger charge is 2.11. The molecule has 0 unspecified atom stereocenters. The summed E-state index contributed by atoms with van der Waals surface area (Å²) in [6, 6.07) is 6.35. The molecule has 0 aliphatic rings. The van der Waals surface area contributed by atoms with E-state index in [-0.39, 0.29) is 0 Å². The molecule has 1 heterocycles. The van der Waals surface area contributed by atoms with Crippen LogP contribution in [-0.2, 0) is 0 Å². The lowest BCUT2D eigenvalue weighted by Crippen LogP contribution is -2.02. The van der Waals surface area contributed by atoms with Gasteiger partial charge in [0.25, 0.3) is 0 Å². The van der Waals surface area contributed by atoms with Gasteiger partial charge in [0.15, 0.2) is 0 Å².